The van der Waals surface area contributed by atoms with Crippen molar-refractivity contribution in [2.24, 2.45) is 5.92 Å². The fourth-order valence-electron chi connectivity index (χ4n) is 5.42. The van der Waals surface area contributed by atoms with Gasteiger partial charge in [-0.1, -0.05) is 6.07 Å². The fraction of sp³-hybridized carbons (Fsp3) is 0.636. The summed E-state index contributed by atoms with van der Waals surface area (Å²) < 4.78 is 0. The molecule has 4 aliphatic rings. The summed E-state index contributed by atoms with van der Waals surface area (Å²) in [5.74, 6) is 0.920. The molecule has 4 fully saturated rings. The van der Waals surface area contributed by atoms with Crippen molar-refractivity contribution in [3.05, 3.63) is 23.9 Å². The number of nitriles is 2. The normalized spacial score (nSPS) is 31.8. The molecule has 1 saturated carbocycles. The first-order chi connectivity index (χ1) is 14.1. The molecule has 1 aromatic heterocycles. The van der Waals surface area contributed by atoms with Crippen molar-refractivity contribution in [2.45, 2.75) is 68.5 Å². The van der Waals surface area contributed by atoms with Crippen LogP contribution in [0.4, 0.5) is 5.82 Å². The van der Waals surface area contributed by atoms with Gasteiger partial charge in [0.1, 0.15) is 5.82 Å². The first kappa shape index (κ1) is 18.2. The van der Waals surface area contributed by atoms with Crippen LogP contribution in [-0.4, -0.2) is 47.0 Å². The Balaban J connectivity index is 1.25. The summed E-state index contributed by atoms with van der Waals surface area (Å²) in [5, 5.41) is 22.1. The molecule has 150 valence electrons. The average molecular weight is 390 g/mol. The van der Waals surface area contributed by atoms with Crippen molar-refractivity contribution in [1.29, 1.82) is 10.5 Å². The number of nitrogens with one attached hydrogen (secondary N) is 1. The van der Waals surface area contributed by atoms with E-state index in [2.05, 4.69) is 22.5 Å². The van der Waals surface area contributed by atoms with Crippen molar-refractivity contribution in [2.75, 3.05) is 18.0 Å². The number of fused-ring (bicyclic) bond motifs is 2. The summed E-state index contributed by atoms with van der Waals surface area (Å²) in [4.78, 5) is 21.8. The van der Waals surface area contributed by atoms with Crippen LogP contribution in [-0.2, 0) is 10.2 Å². The van der Waals surface area contributed by atoms with Crippen LogP contribution < -0.4 is 10.2 Å². The molecule has 29 heavy (non-hydrogen) atoms. The Kier molecular flexibility index (Phi) is 4.35. The number of carbonyl (C=O) groups excluding carboxylic acids is 1. The van der Waals surface area contributed by atoms with Gasteiger partial charge in [0.15, 0.2) is 6.19 Å². The van der Waals surface area contributed by atoms with Crippen LogP contribution in [0.25, 0.3) is 0 Å². The first-order valence-corrected chi connectivity index (χ1v) is 10.8. The molecule has 0 radical (unpaired) electrons. The van der Waals surface area contributed by atoms with Crippen molar-refractivity contribution in [3.8, 4) is 12.3 Å². The average Bonchev–Trinajstić information content (AvgIpc) is 3.38. The number of carbonyl (C=O) groups is 1. The topological polar surface area (TPSA) is 96.0 Å². The Morgan fingerprint density at radius 3 is 2.83 bits per heavy atom. The molecule has 3 aliphatic heterocycles. The fourth-order valence-corrected chi connectivity index (χ4v) is 5.42. The summed E-state index contributed by atoms with van der Waals surface area (Å²) in [6.45, 7) is 1.54. The molecular formula is C22H26N6O. The van der Waals surface area contributed by atoms with Crippen molar-refractivity contribution in [3.63, 3.8) is 0 Å². The molecule has 2 bridgehead atoms. The van der Waals surface area contributed by atoms with E-state index >= 15 is 0 Å². The molecule has 1 amide bonds. The Bertz CT molecular complexity index is 897. The minimum atomic E-state index is -0.392. The molecule has 1 aliphatic carbocycles. The van der Waals surface area contributed by atoms with Gasteiger partial charge in [0.25, 0.3) is 0 Å². The Morgan fingerprint density at radius 1 is 1.24 bits per heavy atom. The number of amides is 1. The molecule has 4 heterocycles. The summed E-state index contributed by atoms with van der Waals surface area (Å²) >= 11 is 0. The van der Waals surface area contributed by atoms with Gasteiger partial charge in [-0.05, 0) is 57.1 Å². The second-order valence-electron chi connectivity index (χ2n) is 9.02. The summed E-state index contributed by atoms with van der Waals surface area (Å²) in [6.07, 6.45) is 8.86. The highest BCUT2D eigenvalue weighted by atomic mass is 16.2. The number of pyridine rings is 1. The molecule has 7 heteroatoms. The van der Waals surface area contributed by atoms with Crippen LogP contribution >= 0.6 is 0 Å². The Hall–Kier alpha value is -2.80. The SMILES string of the molecule is N#CN1[C@H]2CC[C@@H]1[C@H](NC(=O)C1CCCN(c3cccc(C4(C#N)CC4)n3)C1)C2. The highest BCUT2D eigenvalue weighted by molar-refractivity contribution is 5.80. The minimum Gasteiger partial charge on any atom is -0.356 e. The zero-order chi connectivity index (χ0) is 20.0. The molecular weight excluding hydrogens is 364 g/mol. The Morgan fingerprint density at radius 2 is 2.10 bits per heavy atom. The van der Waals surface area contributed by atoms with Gasteiger partial charge in [-0.25, -0.2) is 4.98 Å². The molecule has 3 saturated heterocycles. The number of hydrogen-bond donors (Lipinski definition) is 1. The van der Waals surface area contributed by atoms with Gasteiger partial charge in [-0.3, -0.25) is 4.79 Å². The lowest BCUT2D eigenvalue weighted by atomic mass is 9.93. The van der Waals surface area contributed by atoms with Crippen LogP contribution in [0.15, 0.2) is 18.2 Å². The molecule has 5 rings (SSSR count). The number of piperidine rings is 1. The number of hydrogen-bond acceptors (Lipinski definition) is 6. The first-order valence-electron chi connectivity index (χ1n) is 10.8. The molecule has 4 atom stereocenters. The predicted molar refractivity (Wildman–Crippen MR) is 107 cm³/mol. The standard InChI is InChI=1S/C22H26N6O/c23-13-22(8-9-22)19-4-1-5-20(26-19)27-10-2-3-15(12-27)21(29)25-17-11-16-6-7-18(17)28(16)14-24/h1,4-5,15-18H,2-3,6-12H2,(H,25,29)/t15?,16-,17+,18+/m0/s1. The monoisotopic (exact) mass is 390 g/mol. The third kappa shape index (κ3) is 3.09. The van der Waals surface area contributed by atoms with Crippen molar-refractivity contribution in [1.82, 2.24) is 15.2 Å². The van der Waals surface area contributed by atoms with Gasteiger partial charge in [0.05, 0.1) is 35.2 Å². The van der Waals surface area contributed by atoms with E-state index in [4.69, 9.17) is 4.98 Å². The van der Waals surface area contributed by atoms with E-state index in [1.165, 1.54) is 0 Å². The number of anilines is 1. The maximum absolute atomic E-state index is 13.0. The highest BCUT2D eigenvalue weighted by Gasteiger charge is 2.48. The maximum atomic E-state index is 13.0. The van der Waals surface area contributed by atoms with E-state index in [0.29, 0.717) is 12.6 Å². The lowest BCUT2D eigenvalue weighted by Gasteiger charge is -2.34. The lowest BCUT2D eigenvalue weighted by Crippen LogP contribution is -2.49. The van der Waals surface area contributed by atoms with Gasteiger partial charge in [-0.2, -0.15) is 10.5 Å². The van der Waals surface area contributed by atoms with Crippen LogP contribution in [0.5, 0.6) is 0 Å². The van der Waals surface area contributed by atoms with E-state index in [9.17, 15) is 15.3 Å². The van der Waals surface area contributed by atoms with Gasteiger partial charge in [-0.15, -0.1) is 0 Å². The number of aromatic nitrogens is 1. The molecule has 0 aromatic carbocycles. The van der Waals surface area contributed by atoms with E-state index in [1.807, 2.05) is 23.1 Å². The van der Waals surface area contributed by atoms with Crippen LogP contribution in [0.1, 0.15) is 50.6 Å². The third-order valence-corrected chi connectivity index (χ3v) is 7.28. The molecule has 0 spiro atoms. The van der Waals surface area contributed by atoms with E-state index in [-0.39, 0.29) is 23.9 Å². The van der Waals surface area contributed by atoms with Crippen molar-refractivity contribution < 1.29 is 4.79 Å². The van der Waals surface area contributed by atoms with E-state index in [0.717, 1.165) is 63.0 Å². The highest BCUT2D eigenvalue weighted by Crippen LogP contribution is 2.47. The Labute approximate surface area is 171 Å². The van der Waals surface area contributed by atoms with Crippen LogP contribution in [0, 0.1) is 28.7 Å². The predicted octanol–water partition coefficient (Wildman–Crippen LogP) is 2.06. The second-order valence-corrected chi connectivity index (χ2v) is 9.02. The van der Waals surface area contributed by atoms with Crippen LogP contribution in [0.3, 0.4) is 0 Å². The summed E-state index contributed by atoms with van der Waals surface area (Å²) in [6, 6.07) is 8.90. The van der Waals surface area contributed by atoms with Crippen LogP contribution in [0.2, 0.25) is 0 Å². The van der Waals surface area contributed by atoms with Gasteiger partial charge >= 0.3 is 0 Å². The zero-order valence-corrected chi connectivity index (χ0v) is 16.5. The van der Waals surface area contributed by atoms with Gasteiger partial charge < -0.3 is 15.1 Å². The maximum Gasteiger partial charge on any atom is 0.225 e. The van der Waals surface area contributed by atoms with E-state index < -0.39 is 5.41 Å². The lowest BCUT2D eigenvalue weighted by molar-refractivity contribution is -0.126. The molecule has 7 nitrogen and oxygen atoms in total. The number of nitrogens with zero attached hydrogens (tertiary/aromatic N) is 5. The van der Waals surface area contributed by atoms with Crippen molar-refractivity contribution >= 4 is 11.7 Å². The molecule has 1 N–H and O–H groups in total. The van der Waals surface area contributed by atoms with E-state index in [1.54, 1.807) is 0 Å². The molecule has 1 unspecified atom stereocenters. The third-order valence-electron chi connectivity index (χ3n) is 7.28. The quantitative estimate of drug-likeness (QED) is 0.791. The summed E-state index contributed by atoms with van der Waals surface area (Å²) in [7, 11) is 0. The largest absolute Gasteiger partial charge is 0.356 e. The summed E-state index contributed by atoms with van der Waals surface area (Å²) in [5.41, 5.74) is 0.472. The smallest absolute Gasteiger partial charge is 0.225 e. The van der Waals surface area contributed by atoms with Gasteiger partial charge in [0, 0.05) is 19.1 Å². The minimum absolute atomic E-state index is 0.0604. The van der Waals surface area contributed by atoms with Gasteiger partial charge in [0.2, 0.25) is 5.91 Å². The molecule has 1 aromatic rings. The zero-order valence-electron chi connectivity index (χ0n) is 16.5. The second kappa shape index (κ2) is 6.91. The number of rotatable bonds is 4.